The Morgan fingerprint density at radius 1 is 1.30 bits per heavy atom. The van der Waals surface area contributed by atoms with E-state index in [9.17, 15) is 13.2 Å². The van der Waals surface area contributed by atoms with Crippen LogP contribution in [0.15, 0.2) is 4.34 Å². The van der Waals surface area contributed by atoms with E-state index in [1.54, 1.807) is 0 Å². The van der Waals surface area contributed by atoms with E-state index in [4.69, 9.17) is 0 Å². The van der Waals surface area contributed by atoms with Gasteiger partial charge in [0.1, 0.15) is 0 Å². The zero-order chi connectivity index (χ0) is 14.3. The molecule has 0 saturated heterocycles. The molecular weight excluding hydrogens is 300 g/mol. The molecule has 3 atom stereocenters. The van der Waals surface area contributed by atoms with Crippen molar-refractivity contribution >= 4 is 32.4 Å². The normalized spacial score (nSPS) is 28.8. The largest absolute Gasteiger partial charge is 0.301 e. The molecule has 2 aliphatic rings. The van der Waals surface area contributed by atoms with E-state index in [2.05, 4.69) is 20.2 Å². The summed E-state index contributed by atoms with van der Waals surface area (Å²) in [5, 5.41) is 9.94. The van der Waals surface area contributed by atoms with Gasteiger partial charge in [-0.05, 0) is 31.1 Å². The highest BCUT2D eigenvalue weighted by atomic mass is 32.2. The highest BCUT2D eigenvalue weighted by Gasteiger charge is 2.41. The lowest BCUT2D eigenvalue weighted by molar-refractivity contribution is -0.114. The second-order valence-corrected chi connectivity index (χ2v) is 8.32. The molecule has 7 nitrogen and oxygen atoms in total. The van der Waals surface area contributed by atoms with Crippen molar-refractivity contribution < 1.29 is 13.2 Å². The number of aromatic nitrogens is 2. The first kappa shape index (κ1) is 13.9. The average molecular weight is 316 g/mol. The van der Waals surface area contributed by atoms with Crippen LogP contribution in [0.3, 0.4) is 0 Å². The van der Waals surface area contributed by atoms with E-state index in [1.807, 2.05) is 0 Å². The van der Waals surface area contributed by atoms with Gasteiger partial charge >= 0.3 is 0 Å². The molecular formula is C11H16N4O3S2. The van der Waals surface area contributed by atoms with Gasteiger partial charge in [-0.1, -0.05) is 17.8 Å². The van der Waals surface area contributed by atoms with E-state index in [1.165, 1.54) is 13.3 Å². The molecule has 2 bridgehead atoms. The number of anilines is 1. The lowest BCUT2D eigenvalue weighted by atomic mass is 9.96. The summed E-state index contributed by atoms with van der Waals surface area (Å²) in [6.45, 7) is 1.34. The SMILES string of the molecule is CC(=O)Nc1nnc(S(=O)(=O)N[C@H]2C[C@H]3CC[C@H]2C3)s1. The van der Waals surface area contributed by atoms with Gasteiger partial charge in [-0.15, -0.1) is 10.2 Å². The van der Waals surface area contributed by atoms with Gasteiger partial charge in [-0.2, -0.15) is 0 Å². The van der Waals surface area contributed by atoms with Crippen molar-refractivity contribution in [3.05, 3.63) is 0 Å². The second-order valence-electron chi connectivity index (χ2n) is 5.46. The molecule has 0 spiro atoms. The third-order valence-electron chi connectivity index (χ3n) is 3.96. The van der Waals surface area contributed by atoms with Crippen molar-refractivity contribution in [2.24, 2.45) is 11.8 Å². The van der Waals surface area contributed by atoms with Crippen molar-refractivity contribution in [2.75, 3.05) is 5.32 Å². The summed E-state index contributed by atoms with van der Waals surface area (Å²) in [7, 11) is -3.64. The maximum Gasteiger partial charge on any atom is 0.270 e. The maximum atomic E-state index is 12.2. The van der Waals surface area contributed by atoms with Crippen LogP contribution >= 0.6 is 11.3 Å². The minimum absolute atomic E-state index is 0.0202. The Balaban J connectivity index is 1.71. The predicted octanol–water partition coefficient (Wildman–Crippen LogP) is 0.963. The van der Waals surface area contributed by atoms with Gasteiger partial charge < -0.3 is 5.32 Å². The fraction of sp³-hybridized carbons (Fsp3) is 0.727. The molecule has 1 heterocycles. The van der Waals surface area contributed by atoms with Gasteiger partial charge in [0.05, 0.1) is 0 Å². The van der Waals surface area contributed by atoms with E-state index >= 15 is 0 Å². The summed E-state index contributed by atoms with van der Waals surface area (Å²) in [4.78, 5) is 10.9. The average Bonchev–Trinajstić information content (AvgIpc) is 3.02. The van der Waals surface area contributed by atoms with Gasteiger partial charge in [-0.25, -0.2) is 13.1 Å². The molecule has 1 aromatic heterocycles. The van der Waals surface area contributed by atoms with Crippen molar-refractivity contribution in [2.45, 2.75) is 43.0 Å². The van der Waals surface area contributed by atoms with Crippen LogP contribution in [0, 0.1) is 11.8 Å². The standard InChI is InChI=1S/C11H16N4O3S2/c1-6(16)12-10-13-14-11(19-10)20(17,18)15-9-5-7-2-3-8(9)4-7/h7-9,15H,2-5H2,1H3,(H,12,13,16)/t7-,8-,9-/m0/s1. The summed E-state index contributed by atoms with van der Waals surface area (Å²) < 4.78 is 27.1. The van der Waals surface area contributed by atoms with E-state index in [0.29, 0.717) is 11.8 Å². The van der Waals surface area contributed by atoms with Crippen LogP contribution in [-0.4, -0.2) is 30.6 Å². The third kappa shape index (κ3) is 2.70. The zero-order valence-electron chi connectivity index (χ0n) is 11.0. The monoisotopic (exact) mass is 316 g/mol. The molecule has 1 aromatic rings. The molecule has 2 fully saturated rings. The van der Waals surface area contributed by atoms with Crippen LogP contribution < -0.4 is 10.0 Å². The van der Waals surface area contributed by atoms with Crippen LogP contribution in [0.25, 0.3) is 0 Å². The van der Waals surface area contributed by atoms with Gasteiger partial charge in [0, 0.05) is 13.0 Å². The molecule has 0 radical (unpaired) electrons. The van der Waals surface area contributed by atoms with Crippen molar-refractivity contribution in [3.8, 4) is 0 Å². The molecule has 20 heavy (non-hydrogen) atoms. The van der Waals surface area contributed by atoms with Gasteiger partial charge in [0.2, 0.25) is 15.4 Å². The molecule has 2 N–H and O–H groups in total. The van der Waals surface area contributed by atoms with Crippen molar-refractivity contribution in [1.29, 1.82) is 0 Å². The summed E-state index contributed by atoms with van der Waals surface area (Å²) in [6, 6.07) is 0.0202. The number of fused-ring (bicyclic) bond motifs is 2. The lowest BCUT2D eigenvalue weighted by Crippen LogP contribution is -2.38. The maximum absolute atomic E-state index is 12.2. The van der Waals surface area contributed by atoms with Crippen LogP contribution in [0.4, 0.5) is 5.13 Å². The lowest BCUT2D eigenvalue weighted by Gasteiger charge is -2.21. The van der Waals surface area contributed by atoms with Crippen molar-refractivity contribution in [3.63, 3.8) is 0 Å². The highest BCUT2D eigenvalue weighted by Crippen LogP contribution is 2.44. The van der Waals surface area contributed by atoms with Gasteiger partial charge in [0.25, 0.3) is 10.0 Å². The fourth-order valence-electron chi connectivity index (χ4n) is 3.16. The van der Waals surface area contributed by atoms with Crippen LogP contribution in [0.2, 0.25) is 0 Å². The Morgan fingerprint density at radius 3 is 2.70 bits per heavy atom. The Hall–Kier alpha value is -1.06. The molecule has 9 heteroatoms. The topological polar surface area (TPSA) is 101 Å². The second kappa shape index (κ2) is 5.05. The van der Waals surface area contributed by atoms with Crippen LogP contribution in [0.5, 0.6) is 0 Å². The molecule has 0 aromatic carbocycles. The summed E-state index contributed by atoms with van der Waals surface area (Å²) in [5.74, 6) is 0.820. The van der Waals surface area contributed by atoms with Gasteiger partial charge in [0.15, 0.2) is 0 Å². The number of sulfonamides is 1. The quantitative estimate of drug-likeness (QED) is 0.806. The number of rotatable bonds is 4. The third-order valence-corrected chi connectivity index (χ3v) is 6.66. The summed E-state index contributed by atoms with van der Waals surface area (Å²) >= 11 is 0.867. The van der Waals surface area contributed by atoms with Crippen LogP contribution in [-0.2, 0) is 14.8 Å². The number of hydrogen-bond donors (Lipinski definition) is 2. The number of hydrogen-bond acceptors (Lipinski definition) is 6. The molecule has 3 rings (SSSR count). The van der Waals surface area contributed by atoms with Crippen molar-refractivity contribution in [1.82, 2.24) is 14.9 Å². The number of amides is 1. The number of nitrogens with zero attached hydrogens (tertiary/aromatic N) is 2. The molecule has 2 saturated carbocycles. The zero-order valence-corrected chi connectivity index (χ0v) is 12.6. The highest BCUT2D eigenvalue weighted by molar-refractivity contribution is 7.91. The summed E-state index contributed by atoms with van der Waals surface area (Å²) in [6.07, 6.45) is 4.36. The Kier molecular flexibility index (Phi) is 3.51. The molecule has 1 amide bonds. The minimum atomic E-state index is -3.64. The first-order valence-electron chi connectivity index (χ1n) is 6.57. The van der Waals surface area contributed by atoms with Crippen LogP contribution in [0.1, 0.15) is 32.6 Å². The Labute approximate surface area is 121 Å². The Morgan fingerprint density at radius 2 is 2.10 bits per heavy atom. The van der Waals surface area contributed by atoms with E-state index < -0.39 is 10.0 Å². The minimum Gasteiger partial charge on any atom is -0.301 e. The molecule has 2 aliphatic carbocycles. The first-order chi connectivity index (χ1) is 9.44. The predicted molar refractivity (Wildman–Crippen MR) is 73.8 cm³/mol. The molecule has 0 aliphatic heterocycles. The fourth-order valence-corrected chi connectivity index (χ4v) is 5.44. The number of carbonyl (C=O) groups excluding carboxylic acids is 1. The van der Waals surface area contributed by atoms with E-state index in [-0.39, 0.29) is 21.4 Å². The summed E-state index contributed by atoms with van der Waals surface area (Å²) in [5.41, 5.74) is 0. The number of nitrogens with one attached hydrogen (secondary N) is 2. The molecule has 0 unspecified atom stereocenters. The van der Waals surface area contributed by atoms with Gasteiger partial charge in [-0.3, -0.25) is 4.79 Å². The smallest absolute Gasteiger partial charge is 0.270 e. The molecule has 110 valence electrons. The Bertz CT molecular complexity index is 627. The first-order valence-corrected chi connectivity index (χ1v) is 8.87. The van der Waals surface area contributed by atoms with E-state index in [0.717, 1.165) is 30.6 Å². The number of carbonyl (C=O) groups is 1.